The van der Waals surface area contributed by atoms with Gasteiger partial charge < -0.3 is 11.1 Å². The molecule has 1 amide bonds. The van der Waals surface area contributed by atoms with Gasteiger partial charge in [-0.3, -0.25) is 4.79 Å². The minimum Gasteiger partial charge on any atom is -0.351 e. The summed E-state index contributed by atoms with van der Waals surface area (Å²) >= 11 is 3.11. The summed E-state index contributed by atoms with van der Waals surface area (Å²) in [5, 5.41) is 7.50. The van der Waals surface area contributed by atoms with Gasteiger partial charge in [-0.25, -0.2) is 4.98 Å². The van der Waals surface area contributed by atoms with Gasteiger partial charge in [0.1, 0.15) is 10.7 Å². The molecule has 2 aromatic heterocycles. The molecule has 0 aromatic carbocycles. The van der Waals surface area contributed by atoms with Crippen molar-refractivity contribution < 1.29 is 4.79 Å². The number of hydrogen-bond donors (Lipinski definition) is 2. The van der Waals surface area contributed by atoms with Crippen LogP contribution in [0.3, 0.4) is 0 Å². The molecule has 0 spiro atoms. The summed E-state index contributed by atoms with van der Waals surface area (Å²) in [4.78, 5) is 17.2. The first-order chi connectivity index (χ1) is 8.66. The third-order valence-corrected chi connectivity index (χ3v) is 4.24. The van der Waals surface area contributed by atoms with Crippen molar-refractivity contribution in [3.05, 3.63) is 28.6 Å². The molecular weight excluding hydrogens is 266 g/mol. The van der Waals surface area contributed by atoms with Crippen molar-refractivity contribution >= 4 is 28.6 Å². The van der Waals surface area contributed by atoms with E-state index in [2.05, 4.69) is 10.3 Å². The van der Waals surface area contributed by atoms with Gasteiger partial charge in [0.05, 0.1) is 4.88 Å². The number of nitrogens with one attached hydrogen (secondary N) is 1. The lowest BCUT2D eigenvalue weighted by Crippen LogP contribution is -2.29. The highest BCUT2D eigenvalue weighted by atomic mass is 32.1. The van der Waals surface area contributed by atoms with E-state index in [1.807, 2.05) is 24.4 Å². The molecule has 0 saturated heterocycles. The van der Waals surface area contributed by atoms with E-state index in [4.69, 9.17) is 5.73 Å². The van der Waals surface area contributed by atoms with Crippen molar-refractivity contribution in [3.63, 3.8) is 0 Å². The monoisotopic (exact) mass is 281 g/mol. The molecule has 96 valence electrons. The van der Waals surface area contributed by atoms with Crippen LogP contribution in [-0.4, -0.2) is 23.5 Å². The van der Waals surface area contributed by atoms with Crippen LogP contribution >= 0.6 is 22.7 Å². The Labute approximate surface area is 114 Å². The van der Waals surface area contributed by atoms with Crippen molar-refractivity contribution in [2.75, 3.05) is 6.54 Å². The number of amides is 1. The third kappa shape index (κ3) is 3.38. The van der Waals surface area contributed by atoms with Gasteiger partial charge in [-0.1, -0.05) is 6.07 Å². The summed E-state index contributed by atoms with van der Waals surface area (Å²) < 4.78 is 0. The molecule has 1 unspecified atom stereocenters. The van der Waals surface area contributed by atoms with E-state index in [1.54, 1.807) is 16.7 Å². The van der Waals surface area contributed by atoms with Crippen LogP contribution in [0.4, 0.5) is 0 Å². The molecule has 0 bridgehead atoms. The van der Waals surface area contributed by atoms with Crippen LogP contribution in [0.5, 0.6) is 0 Å². The predicted octanol–water partition coefficient (Wildman–Crippen LogP) is 2.34. The Hall–Kier alpha value is -1.24. The number of nitrogens with two attached hydrogens (primary N) is 1. The highest BCUT2D eigenvalue weighted by molar-refractivity contribution is 7.20. The van der Waals surface area contributed by atoms with E-state index in [-0.39, 0.29) is 11.9 Å². The van der Waals surface area contributed by atoms with Gasteiger partial charge in [0, 0.05) is 18.0 Å². The molecule has 18 heavy (non-hydrogen) atoms. The van der Waals surface area contributed by atoms with Gasteiger partial charge >= 0.3 is 0 Å². The van der Waals surface area contributed by atoms with Crippen molar-refractivity contribution in [2.45, 2.75) is 19.4 Å². The first-order valence-electron chi connectivity index (χ1n) is 5.70. The van der Waals surface area contributed by atoms with E-state index in [9.17, 15) is 4.79 Å². The second-order valence-electron chi connectivity index (χ2n) is 4.04. The lowest BCUT2D eigenvalue weighted by Gasteiger charge is -2.05. The maximum atomic E-state index is 11.8. The molecule has 0 aliphatic carbocycles. The first kappa shape index (κ1) is 13.2. The van der Waals surface area contributed by atoms with E-state index >= 15 is 0 Å². The molecule has 2 rings (SSSR count). The Kier molecular flexibility index (Phi) is 4.46. The molecule has 1 atom stereocenters. The summed E-state index contributed by atoms with van der Waals surface area (Å²) in [6.45, 7) is 2.51. The maximum absolute atomic E-state index is 11.8. The molecule has 4 nitrogen and oxygen atoms in total. The zero-order chi connectivity index (χ0) is 13.0. The summed E-state index contributed by atoms with van der Waals surface area (Å²) in [5.74, 6) is -0.130. The number of rotatable bonds is 5. The lowest BCUT2D eigenvalue weighted by molar-refractivity contribution is 0.0948. The molecule has 0 aliphatic heterocycles. The fourth-order valence-electron chi connectivity index (χ4n) is 1.40. The molecule has 0 saturated carbocycles. The standard InChI is InChI=1S/C12H15N3OS2/c1-8(13)4-5-14-11(16)9-7-18-12(15-9)10-3-2-6-17-10/h2-3,6-8H,4-5,13H2,1H3,(H,14,16). The molecular formula is C12H15N3OS2. The average molecular weight is 281 g/mol. The van der Waals surface area contributed by atoms with Gasteiger partial charge in [-0.2, -0.15) is 0 Å². The molecule has 3 N–H and O–H groups in total. The zero-order valence-electron chi connectivity index (χ0n) is 10.1. The summed E-state index contributed by atoms with van der Waals surface area (Å²) in [7, 11) is 0. The van der Waals surface area contributed by atoms with Crippen LogP contribution in [0.1, 0.15) is 23.8 Å². The van der Waals surface area contributed by atoms with Crippen LogP contribution < -0.4 is 11.1 Å². The average Bonchev–Trinajstić information content (AvgIpc) is 2.99. The normalized spacial score (nSPS) is 12.3. The molecule has 6 heteroatoms. The van der Waals surface area contributed by atoms with Crippen molar-refractivity contribution in [3.8, 4) is 9.88 Å². The second kappa shape index (κ2) is 6.08. The fourth-order valence-corrected chi connectivity index (χ4v) is 3.01. The Balaban J connectivity index is 1.95. The summed E-state index contributed by atoms with van der Waals surface area (Å²) in [5.41, 5.74) is 6.10. The van der Waals surface area contributed by atoms with Crippen molar-refractivity contribution in [2.24, 2.45) is 5.73 Å². The molecule has 0 radical (unpaired) electrons. The number of thiazole rings is 1. The van der Waals surface area contributed by atoms with Gasteiger partial charge in [0.15, 0.2) is 0 Å². The fraction of sp³-hybridized carbons (Fsp3) is 0.333. The largest absolute Gasteiger partial charge is 0.351 e. The summed E-state index contributed by atoms with van der Waals surface area (Å²) in [6.07, 6.45) is 0.771. The Morgan fingerprint density at radius 1 is 1.56 bits per heavy atom. The zero-order valence-corrected chi connectivity index (χ0v) is 11.7. The van der Waals surface area contributed by atoms with E-state index in [0.29, 0.717) is 12.2 Å². The Morgan fingerprint density at radius 2 is 2.39 bits per heavy atom. The molecule has 0 aliphatic rings. The number of carbonyl (C=O) groups is 1. The van der Waals surface area contributed by atoms with Crippen LogP contribution in [0, 0.1) is 0 Å². The number of aromatic nitrogens is 1. The number of carbonyl (C=O) groups excluding carboxylic acids is 1. The molecule has 2 heterocycles. The number of thiophene rings is 1. The third-order valence-electron chi connectivity index (χ3n) is 2.35. The quantitative estimate of drug-likeness (QED) is 0.884. The molecule has 2 aromatic rings. The highest BCUT2D eigenvalue weighted by Crippen LogP contribution is 2.27. The van der Waals surface area contributed by atoms with Crippen molar-refractivity contribution in [1.29, 1.82) is 0 Å². The molecule has 0 fully saturated rings. The topological polar surface area (TPSA) is 68.0 Å². The van der Waals surface area contributed by atoms with Gasteiger partial charge in [0.2, 0.25) is 0 Å². The predicted molar refractivity (Wildman–Crippen MR) is 76.0 cm³/mol. The highest BCUT2D eigenvalue weighted by Gasteiger charge is 2.11. The summed E-state index contributed by atoms with van der Waals surface area (Å²) in [6, 6.07) is 4.08. The van der Waals surface area contributed by atoms with Crippen LogP contribution in [0.2, 0.25) is 0 Å². The van der Waals surface area contributed by atoms with Gasteiger partial charge in [-0.15, -0.1) is 22.7 Å². The Morgan fingerprint density at radius 3 is 3.06 bits per heavy atom. The minimum absolute atomic E-state index is 0.0995. The smallest absolute Gasteiger partial charge is 0.270 e. The SMILES string of the molecule is CC(N)CCNC(=O)c1csc(-c2cccs2)n1. The van der Waals surface area contributed by atoms with Gasteiger partial charge in [-0.05, 0) is 24.8 Å². The number of hydrogen-bond acceptors (Lipinski definition) is 5. The lowest BCUT2D eigenvalue weighted by atomic mass is 10.2. The number of nitrogens with zero attached hydrogens (tertiary/aromatic N) is 1. The Bertz CT molecular complexity index is 505. The van der Waals surface area contributed by atoms with Crippen LogP contribution in [0.25, 0.3) is 9.88 Å². The van der Waals surface area contributed by atoms with Gasteiger partial charge in [0.25, 0.3) is 5.91 Å². The maximum Gasteiger partial charge on any atom is 0.270 e. The second-order valence-corrected chi connectivity index (χ2v) is 5.84. The van der Waals surface area contributed by atoms with Crippen LogP contribution in [-0.2, 0) is 0 Å². The van der Waals surface area contributed by atoms with E-state index < -0.39 is 0 Å². The minimum atomic E-state index is -0.130. The first-order valence-corrected chi connectivity index (χ1v) is 7.46. The van der Waals surface area contributed by atoms with Crippen LogP contribution in [0.15, 0.2) is 22.9 Å². The van der Waals surface area contributed by atoms with E-state index in [0.717, 1.165) is 16.3 Å². The van der Waals surface area contributed by atoms with E-state index in [1.165, 1.54) is 11.3 Å². The van der Waals surface area contributed by atoms with Crippen molar-refractivity contribution in [1.82, 2.24) is 10.3 Å².